The van der Waals surface area contributed by atoms with Gasteiger partial charge in [0.2, 0.25) is 0 Å². The summed E-state index contributed by atoms with van der Waals surface area (Å²) in [6.45, 7) is 8.81. The molecule has 0 fully saturated rings. The summed E-state index contributed by atoms with van der Waals surface area (Å²) in [6, 6.07) is 8.76. The summed E-state index contributed by atoms with van der Waals surface area (Å²) in [6.07, 6.45) is 4.29. The van der Waals surface area contributed by atoms with Crippen molar-refractivity contribution in [1.29, 1.82) is 0 Å². The predicted molar refractivity (Wildman–Crippen MR) is 72.6 cm³/mol. The smallest absolute Gasteiger partial charge is 0.0300 e. The van der Waals surface area contributed by atoms with E-state index in [4.69, 9.17) is 0 Å². The average Bonchev–Trinajstić information content (AvgIpc) is 2.14. The van der Waals surface area contributed by atoms with Gasteiger partial charge in [-0.25, -0.2) is 0 Å². The molecule has 0 bridgehead atoms. The third-order valence-electron chi connectivity index (χ3n) is 2.33. The van der Waals surface area contributed by atoms with E-state index in [1.165, 1.54) is 11.1 Å². The summed E-state index contributed by atoms with van der Waals surface area (Å²) in [7, 11) is 0. The molecule has 0 aromatic heterocycles. The van der Waals surface area contributed by atoms with Crippen molar-refractivity contribution in [2.45, 2.75) is 37.9 Å². The summed E-state index contributed by atoms with van der Waals surface area (Å²) in [5.74, 6) is 0. The molecule has 1 heteroatoms. The molecule has 0 nitrogen and oxygen atoms in total. The summed E-state index contributed by atoms with van der Waals surface area (Å²) < 4.78 is 0. The van der Waals surface area contributed by atoms with Crippen LogP contribution in [0.4, 0.5) is 0 Å². The molecular formula is C14H19Br. The van der Waals surface area contributed by atoms with Crippen molar-refractivity contribution in [1.82, 2.24) is 0 Å². The van der Waals surface area contributed by atoms with Crippen molar-refractivity contribution in [2.24, 2.45) is 0 Å². The van der Waals surface area contributed by atoms with Gasteiger partial charge in [0.15, 0.2) is 0 Å². The van der Waals surface area contributed by atoms with Crippen LogP contribution in [0, 0.1) is 0 Å². The standard InChI is InChI=1S/C14H19Br/c1-11(15)5-6-12-7-9-13(10-8-12)14(2,3)4/h5-11H,1-4H3/b6-5+. The highest BCUT2D eigenvalue weighted by Gasteiger charge is 2.12. The minimum Gasteiger partial charge on any atom is -0.0848 e. The van der Waals surface area contributed by atoms with E-state index in [0.717, 1.165) is 0 Å². The zero-order chi connectivity index (χ0) is 11.5. The molecule has 0 amide bonds. The first-order valence-corrected chi connectivity index (χ1v) is 6.24. The molecule has 0 spiro atoms. The van der Waals surface area contributed by atoms with Gasteiger partial charge >= 0.3 is 0 Å². The highest BCUT2D eigenvalue weighted by Crippen LogP contribution is 2.22. The van der Waals surface area contributed by atoms with E-state index in [0.29, 0.717) is 4.83 Å². The van der Waals surface area contributed by atoms with Crippen molar-refractivity contribution < 1.29 is 0 Å². The van der Waals surface area contributed by atoms with Gasteiger partial charge in [-0.1, -0.05) is 73.1 Å². The van der Waals surface area contributed by atoms with Crippen LogP contribution >= 0.6 is 15.9 Å². The molecule has 0 N–H and O–H groups in total. The first-order valence-electron chi connectivity index (χ1n) is 5.32. The average molecular weight is 267 g/mol. The molecule has 1 atom stereocenters. The lowest BCUT2D eigenvalue weighted by Crippen LogP contribution is -2.10. The highest BCUT2D eigenvalue weighted by molar-refractivity contribution is 9.09. The summed E-state index contributed by atoms with van der Waals surface area (Å²) >= 11 is 3.49. The van der Waals surface area contributed by atoms with Gasteiger partial charge in [0.05, 0.1) is 0 Å². The van der Waals surface area contributed by atoms with E-state index >= 15 is 0 Å². The molecule has 0 aliphatic rings. The van der Waals surface area contributed by atoms with Crippen LogP contribution in [-0.4, -0.2) is 4.83 Å². The first-order chi connectivity index (χ1) is 6.89. The quantitative estimate of drug-likeness (QED) is 0.676. The third-order valence-corrected chi connectivity index (χ3v) is 2.64. The summed E-state index contributed by atoms with van der Waals surface area (Å²) in [4.78, 5) is 0.430. The minimum absolute atomic E-state index is 0.241. The van der Waals surface area contributed by atoms with Crippen LogP contribution in [0.5, 0.6) is 0 Å². The second kappa shape index (κ2) is 4.98. The van der Waals surface area contributed by atoms with Crippen LogP contribution in [-0.2, 0) is 5.41 Å². The van der Waals surface area contributed by atoms with Crippen LogP contribution < -0.4 is 0 Å². The first kappa shape index (κ1) is 12.5. The number of halogens is 1. The Labute approximate surface area is 102 Å². The van der Waals surface area contributed by atoms with Gasteiger partial charge < -0.3 is 0 Å². The molecule has 1 unspecified atom stereocenters. The molecule has 0 aliphatic heterocycles. The number of alkyl halides is 1. The fourth-order valence-electron chi connectivity index (χ4n) is 1.34. The molecule has 1 rings (SSSR count). The largest absolute Gasteiger partial charge is 0.0848 e. The minimum atomic E-state index is 0.241. The molecule has 15 heavy (non-hydrogen) atoms. The van der Waals surface area contributed by atoms with Crippen molar-refractivity contribution in [3.05, 3.63) is 41.5 Å². The van der Waals surface area contributed by atoms with Crippen molar-refractivity contribution in [2.75, 3.05) is 0 Å². The van der Waals surface area contributed by atoms with Crippen LogP contribution in [0.1, 0.15) is 38.8 Å². The van der Waals surface area contributed by atoms with Crippen molar-refractivity contribution in [3.63, 3.8) is 0 Å². The molecular weight excluding hydrogens is 248 g/mol. The maximum atomic E-state index is 3.49. The highest BCUT2D eigenvalue weighted by atomic mass is 79.9. The maximum Gasteiger partial charge on any atom is 0.0300 e. The monoisotopic (exact) mass is 266 g/mol. The maximum absolute atomic E-state index is 3.49. The lowest BCUT2D eigenvalue weighted by Gasteiger charge is -2.18. The zero-order valence-corrected chi connectivity index (χ0v) is 11.5. The van der Waals surface area contributed by atoms with Gasteiger partial charge in [-0.05, 0) is 23.5 Å². The number of hydrogen-bond donors (Lipinski definition) is 0. The molecule has 0 saturated carbocycles. The Morgan fingerprint density at radius 3 is 2.07 bits per heavy atom. The summed E-state index contributed by atoms with van der Waals surface area (Å²) in [5.41, 5.74) is 2.88. The van der Waals surface area contributed by atoms with Gasteiger partial charge in [-0.2, -0.15) is 0 Å². The number of allylic oxidation sites excluding steroid dienone is 1. The van der Waals surface area contributed by atoms with E-state index < -0.39 is 0 Å². The van der Waals surface area contributed by atoms with Gasteiger partial charge in [-0.3, -0.25) is 0 Å². The third kappa shape index (κ3) is 4.21. The fourth-order valence-corrected chi connectivity index (χ4v) is 1.49. The molecule has 1 aromatic rings. The van der Waals surface area contributed by atoms with E-state index in [1.807, 2.05) is 0 Å². The van der Waals surface area contributed by atoms with E-state index in [2.05, 4.69) is 80.0 Å². The predicted octanol–water partition coefficient (Wildman–Crippen LogP) is 4.78. The lowest BCUT2D eigenvalue weighted by atomic mass is 9.87. The Morgan fingerprint density at radius 1 is 1.13 bits per heavy atom. The topological polar surface area (TPSA) is 0 Å². The van der Waals surface area contributed by atoms with Gasteiger partial charge in [0, 0.05) is 4.83 Å². The van der Waals surface area contributed by atoms with E-state index in [1.54, 1.807) is 0 Å². The molecule has 0 radical (unpaired) electrons. The van der Waals surface area contributed by atoms with Gasteiger partial charge in [0.25, 0.3) is 0 Å². The van der Waals surface area contributed by atoms with Crippen LogP contribution in [0.3, 0.4) is 0 Å². The van der Waals surface area contributed by atoms with Crippen molar-refractivity contribution in [3.8, 4) is 0 Å². The fraction of sp³-hybridized carbons (Fsp3) is 0.429. The normalized spacial score (nSPS) is 14.5. The van der Waals surface area contributed by atoms with Crippen LogP contribution in [0.25, 0.3) is 6.08 Å². The summed E-state index contributed by atoms with van der Waals surface area (Å²) in [5, 5.41) is 0. The second-order valence-corrected chi connectivity index (χ2v) is 6.35. The SMILES string of the molecule is CC(Br)/C=C/c1ccc(C(C)(C)C)cc1. The van der Waals surface area contributed by atoms with Gasteiger partial charge in [0.1, 0.15) is 0 Å². The van der Waals surface area contributed by atoms with E-state index in [9.17, 15) is 0 Å². The van der Waals surface area contributed by atoms with E-state index in [-0.39, 0.29) is 5.41 Å². The number of hydrogen-bond acceptors (Lipinski definition) is 0. The Bertz CT molecular complexity index is 325. The molecule has 0 heterocycles. The lowest BCUT2D eigenvalue weighted by molar-refractivity contribution is 0.590. The molecule has 1 aromatic carbocycles. The Kier molecular flexibility index (Phi) is 4.15. The Balaban J connectivity index is 2.82. The second-order valence-electron chi connectivity index (χ2n) is 4.91. The van der Waals surface area contributed by atoms with Crippen LogP contribution in [0.15, 0.2) is 30.3 Å². The number of rotatable bonds is 2. The van der Waals surface area contributed by atoms with Crippen LogP contribution in [0.2, 0.25) is 0 Å². The Morgan fingerprint density at radius 2 is 1.67 bits per heavy atom. The van der Waals surface area contributed by atoms with Gasteiger partial charge in [-0.15, -0.1) is 0 Å². The zero-order valence-electron chi connectivity index (χ0n) is 9.92. The van der Waals surface area contributed by atoms with Crippen molar-refractivity contribution >= 4 is 22.0 Å². The number of benzene rings is 1. The molecule has 0 aliphatic carbocycles. The molecule has 82 valence electrons. The molecule has 0 saturated heterocycles. The Hall–Kier alpha value is -0.560.